The molecule has 14 nitrogen and oxygen atoms in total. The van der Waals surface area contributed by atoms with Crippen LogP contribution in [0.25, 0.3) is 33.6 Å². The van der Waals surface area contributed by atoms with Gasteiger partial charge in [0.2, 0.25) is 11.8 Å². The van der Waals surface area contributed by atoms with Gasteiger partial charge in [-0.2, -0.15) is 0 Å². The molecule has 3 aromatic carbocycles. The summed E-state index contributed by atoms with van der Waals surface area (Å²) in [7, 11) is 2.54. The number of ether oxygens (including phenoxy) is 2. The molecule has 2 aromatic heterocycles. The maximum Gasteiger partial charge on any atom is 0.407 e. The number of amides is 4. The van der Waals surface area contributed by atoms with E-state index in [0.29, 0.717) is 36.7 Å². The minimum atomic E-state index is -0.951. The molecule has 0 aliphatic heterocycles. The third kappa shape index (κ3) is 11.4. The first-order chi connectivity index (χ1) is 29.9. The predicted molar refractivity (Wildman–Crippen MR) is 239 cm³/mol. The second-order valence-electron chi connectivity index (χ2n) is 15.0. The molecule has 0 saturated carbocycles. The summed E-state index contributed by atoms with van der Waals surface area (Å²) in [6, 6.07) is 21.1. The smallest absolute Gasteiger partial charge is 0.407 e. The van der Waals surface area contributed by atoms with Crippen molar-refractivity contribution in [2.75, 3.05) is 27.3 Å². The molecule has 62 heavy (non-hydrogen) atoms. The standard InChI is InChI=1S/C48H56N8O6/c1-9-12-26-55(45(57)43(54-48(60)62-8)35-17-14-13-15-18-35)30-41-49-28-39(51-41)34-21-19-33(20-22-34)38-24-23-37(27-36(38)16-10-2)40-29-50-44(52-40)32(6)56(25-11-3)46(58)42(31(4)5)53-47(59)61-7/h9,13-15,17-24,27-29,31-32,42-43H,1,11-12,25-26,30H2,2-8H3,(H,49,51)(H,50,52)(H,53,59)(H,54,60)/t32-,42-,43+/m0/s1. The number of methoxy groups -OCH3 is 2. The summed E-state index contributed by atoms with van der Waals surface area (Å²) < 4.78 is 9.61. The van der Waals surface area contributed by atoms with Gasteiger partial charge in [0.15, 0.2) is 0 Å². The molecule has 5 rings (SSSR count). The Bertz CT molecular complexity index is 2380. The van der Waals surface area contributed by atoms with Crippen LogP contribution in [0.5, 0.6) is 0 Å². The van der Waals surface area contributed by atoms with Crippen LogP contribution in [0.3, 0.4) is 0 Å². The van der Waals surface area contributed by atoms with Crippen molar-refractivity contribution < 1.29 is 28.7 Å². The average Bonchev–Trinajstić information content (AvgIpc) is 3.98. The van der Waals surface area contributed by atoms with Gasteiger partial charge in [0, 0.05) is 24.2 Å². The van der Waals surface area contributed by atoms with Crippen molar-refractivity contribution in [3.63, 3.8) is 0 Å². The van der Waals surface area contributed by atoms with E-state index in [1.807, 2.05) is 88.4 Å². The van der Waals surface area contributed by atoms with Crippen LogP contribution in [0.1, 0.15) is 82.3 Å². The van der Waals surface area contributed by atoms with E-state index in [1.54, 1.807) is 47.3 Å². The maximum atomic E-state index is 13.9. The van der Waals surface area contributed by atoms with Gasteiger partial charge in [-0.15, -0.1) is 12.5 Å². The van der Waals surface area contributed by atoms with Crippen molar-refractivity contribution in [2.45, 2.75) is 72.1 Å². The lowest BCUT2D eigenvalue weighted by Crippen LogP contribution is -2.52. The van der Waals surface area contributed by atoms with Gasteiger partial charge < -0.3 is 39.9 Å². The molecule has 14 heteroatoms. The van der Waals surface area contributed by atoms with Crippen LogP contribution in [0.4, 0.5) is 9.59 Å². The summed E-state index contributed by atoms with van der Waals surface area (Å²) in [5.74, 6) is 6.85. The minimum absolute atomic E-state index is 0.155. The van der Waals surface area contributed by atoms with Gasteiger partial charge in [-0.3, -0.25) is 9.59 Å². The fourth-order valence-corrected chi connectivity index (χ4v) is 7.06. The topological polar surface area (TPSA) is 175 Å². The predicted octanol–water partition coefficient (Wildman–Crippen LogP) is 8.19. The van der Waals surface area contributed by atoms with Gasteiger partial charge in [0.1, 0.15) is 23.7 Å². The van der Waals surface area contributed by atoms with Crippen LogP contribution in [-0.4, -0.2) is 87.1 Å². The number of benzene rings is 3. The zero-order valence-corrected chi connectivity index (χ0v) is 36.5. The second-order valence-corrected chi connectivity index (χ2v) is 15.0. The van der Waals surface area contributed by atoms with E-state index in [9.17, 15) is 19.2 Å². The third-order valence-corrected chi connectivity index (χ3v) is 10.4. The normalized spacial score (nSPS) is 12.3. The quantitative estimate of drug-likeness (QED) is 0.0505. The third-order valence-electron chi connectivity index (χ3n) is 10.4. The first kappa shape index (κ1) is 45.9. The number of hydrogen-bond donors (Lipinski definition) is 4. The Morgan fingerprint density at radius 3 is 2.11 bits per heavy atom. The van der Waals surface area contributed by atoms with Crippen LogP contribution in [-0.2, 0) is 25.6 Å². The molecule has 0 aliphatic rings. The number of imidazole rings is 2. The number of aromatic amines is 2. The second kappa shape index (κ2) is 21.9. The summed E-state index contributed by atoms with van der Waals surface area (Å²) in [6.07, 6.45) is 5.15. The van der Waals surface area contributed by atoms with Crippen molar-refractivity contribution in [1.82, 2.24) is 40.4 Å². The lowest BCUT2D eigenvalue weighted by molar-refractivity contribution is -0.137. The average molecular weight is 841 g/mol. The number of carbonyl (C=O) groups is 4. The van der Waals surface area contributed by atoms with Crippen molar-refractivity contribution >= 4 is 24.0 Å². The van der Waals surface area contributed by atoms with Gasteiger partial charge in [-0.1, -0.05) is 99.5 Å². The Balaban J connectivity index is 1.34. The van der Waals surface area contributed by atoms with E-state index in [1.165, 1.54) is 14.2 Å². The monoisotopic (exact) mass is 840 g/mol. The fraction of sp³-hybridized carbons (Fsp3) is 0.333. The molecule has 0 bridgehead atoms. The molecule has 5 aromatic rings. The molecule has 0 aliphatic carbocycles. The number of aromatic nitrogens is 4. The summed E-state index contributed by atoms with van der Waals surface area (Å²) in [6.45, 7) is 14.3. The highest BCUT2D eigenvalue weighted by molar-refractivity contribution is 5.87. The van der Waals surface area contributed by atoms with E-state index in [2.05, 4.69) is 49.0 Å². The lowest BCUT2D eigenvalue weighted by atomic mass is 9.96. The molecule has 3 atom stereocenters. The number of alkyl carbamates (subject to hydrolysis) is 2. The Labute approximate surface area is 363 Å². The van der Waals surface area contributed by atoms with Gasteiger partial charge in [0.25, 0.3) is 0 Å². The Morgan fingerprint density at radius 2 is 1.47 bits per heavy atom. The summed E-state index contributed by atoms with van der Waals surface area (Å²) >= 11 is 0. The Kier molecular flexibility index (Phi) is 16.2. The van der Waals surface area contributed by atoms with Crippen molar-refractivity contribution in [3.8, 4) is 45.5 Å². The SMILES string of the molecule is C=CCCN(Cc1ncc(-c2ccc(-c3ccc(-c4cnc([C@H](C)N(CCC)C(=O)[C@@H](NC(=O)OC)C(C)C)[nH]4)cc3C#CC)cc2)[nH]1)C(=O)[C@H](NC(=O)OC)c1ccccc1. The number of nitrogens with one attached hydrogen (secondary N) is 4. The van der Waals surface area contributed by atoms with Crippen LogP contribution < -0.4 is 10.6 Å². The van der Waals surface area contributed by atoms with E-state index >= 15 is 0 Å². The van der Waals surface area contributed by atoms with Gasteiger partial charge in [-0.05, 0) is 60.9 Å². The Morgan fingerprint density at radius 1 is 0.823 bits per heavy atom. The van der Waals surface area contributed by atoms with Gasteiger partial charge in [0.05, 0.1) is 50.6 Å². The molecule has 4 N–H and O–H groups in total. The van der Waals surface area contributed by atoms with Crippen LogP contribution in [0.2, 0.25) is 0 Å². The lowest BCUT2D eigenvalue weighted by Gasteiger charge is -2.33. The highest BCUT2D eigenvalue weighted by atomic mass is 16.5. The van der Waals surface area contributed by atoms with E-state index in [-0.39, 0.29) is 24.3 Å². The number of carbonyl (C=O) groups excluding carboxylic acids is 4. The maximum absolute atomic E-state index is 13.9. The van der Waals surface area contributed by atoms with Gasteiger partial charge in [-0.25, -0.2) is 19.6 Å². The van der Waals surface area contributed by atoms with Crippen molar-refractivity contribution in [1.29, 1.82) is 0 Å². The van der Waals surface area contributed by atoms with Crippen LogP contribution in [0.15, 0.2) is 97.8 Å². The van der Waals surface area contributed by atoms with Gasteiger partial charge >= 0.3 is 12.2 Å². The molecule has 324 valence electrons. The highest BCUT2D eigenvalue weighted by Crippen LogP contribution is 2.31. The highest BCUT2D eigenvalue weighted by Gasteiger charge is 2.33. The summed E-state index contributed by atoms with van der Waals surface area (Å²) in [5.41, 5.74) is 6.74. The number of hydrogen-bond acceptors (Lipinski definition) is 8. The molecular weight excluding hydrogens is 785 g/mol. The van der Waals surface area contributed by atoms with Crippen LogP contribution in [0, 0.1) is 17.8 Å². The molecule has 0 unspecified atom stereocenters. The molecule has 0 saturated heterocycles. The van der Waals surface area contributed by atoms with E-state index in [4.69, 9.17) is 9.47 Å². The van der Waals surface area contributed by atoms with E-state index < -0.39 is 30.3 Å². The first-order valence-electron chi connectivity index (χ1n) is 20.6. The van der Waals surface area contributed by atoms with Crippen molar-refractivity contribution in [2.24, 2.45) is 5.92 Å². The molecule has 0 fully saturated rings. The molecular formula is C48H56N8O6. The summed E-state index contributed by atoms with van der Waals surface area (Å²) in [4.78, 5) is 71.5. The largest absolute Gasteiger partial charge is 0.453 e. The number of nitrogens with zero attached hydrogens (tertiary/aromatic N) is 4. The molecule has 0 radical (unpaired) electrons. The minimum Gasteiger partial charge on any atom is -0.453 e. The summed E-state index contributed by atoms with van der Waals surface area (Å²) in [5, 5.41) is 5.37. The number of rotatable bonds is 18. The molecule has 2 heterocycles. The molecule has 0 spiro atoms. The van der Waals surface area contributed by atoms with E-state index in [0.717, 1.165) is 45.6 Å². The molecule has 4 amide bonds. The van der Waals surface area contributed by atoms with Crippen LogP contribution >= 0.6 is 0 Å². The Hall–Kier alpha value is -7.14. The zero-order valence-electron chi connectivity index (χ0n) is 36.5. The zero-order chi connectivity index (χ0) is 44.8. The first-order valence-corrected chi connectivity index (χ1v) is 20.6. The van der Waals surface area contributed by atoms with Crippen molar-refractivity contribution in [3.05, 3.63) is 121 Å². The number of H-pyrrole nitrogens is 2. The fourth-order valence-electron chi connectivity index (χ4n) is 7.06.